The fourth-order valence-corrected chi connectivity index (χ4v) is 4.19. The van der Waals surface area contributed by atoms with Gasteiger partial charge < -0.3 is 10.2 Å². The van der Waals surface area contributed by atoms with Crippen molar-refractivity contribution in [2.24, 2.45) is 5.92 Å². The van der Waals surface area contributed by atoms with Gasteiger partial charge in [0.2, 0.25) is 0 Å². The van der Waals surface area contributed by atoms with Gasteiger partial charge in [-0.3, -0.25) is 0 Å². The molecular formula is C18H27ClN2. The van der Waals surface area contributed by atoms with E-state index >= 15 is 0 Å². The Morgan fingerprint density at radius 3 is 2.67 bits per heavy atom. The molecule has 1 saturated carbocycles. The second-order valence-corrected chi connectivity index (χ2v) is 7.35. The van der Waals surface area contributed by atoms with Crippen molar-refractivity contribution in [3.05, 3.63) is 34.9 Å². The minimum atomic E-state index is 0.668. The number of rotatable bonds is 4. The number of halogens is 1. The molecule has 0 aromatic heterocycles. The van der Waals surface area contributed by atoms with Crippen LogP contribution >= 0.6 is 11.6 Å². The van der Waals surface area contributed by atoms with Gasteiger partial charge in [0.1, 0.15) is 0 Å². The zero-order valence-electron chi connectivity index (χ0n) is 13.0. The van der Waals surface area contributed by atoms with E-state index in [1.807, 2.05) is 12.1 Å². The molecule has 1 heterocycles. The number of fused-ring (bicyclic) bond motifs is 1. The van der Waals surface area contributed by atoms with Crippen LogP contribution in [0.5, 0.6) is 0 Å². The van der Waals surface area contributed by atoms with Crippen molar-refractivity contribution in [2.45, 2.75) is 57.2 Å². The molecule has 0 spiro atoms. The Morgan fingerprint density at radius 1 is 1.10 bits per heavy atom. The van der Waals surface area contributed by atoms with Gasteiger partial charge in [-0.15, -0.1) is 0 Å². The quantitative estimate of drug-likeness (QED) is 0.901. The van der Waals surface area contributed by atoms with E-state index in [1.54, 1.807) is 0 Å². The molecule has 3 atom stereocenters. The molecule has 116 valence electrons. The molecule has 1 N–H and O–H groups in total. The lowest BCUT2D eigenvalue weighted by Gasteiger charge is -2.41. The van der Waals surface area contributed by atoms with Crippen molar-refractivity contribution in [1.29, 1.82) is 0 Å². The first kappa shape index (κ1) is 15.3. The summed E-state index contributed by atoms with van der Waals surface area (Å²) >= 11 is 5.95. The summed E-state index contributed by atoms with van der Waals surface area (Å²) in [6.07, 6.45) is 8.47. The van der Waals surface area contributed by atoms with Crippen molar-refractivity contribution in [3.8, 4) is 0 Å². The first-order valence-electron chi connectivity index (χ1n) is 8.40. The fourth-order valence-electron chi connectivity index (χ4n) is 4.06. The summed E-state index contributed by atoms with van der Waals surface area (Å²) in [6.45, 7) is 2.15. The van der Waals surface area contributed by atoms with Crippen LogP contribution in [-0.2, 0) is 6.54 Å². The summed E-state index contributed by atoms with van der Waals surface area (Å²) in [5.41, 5.74) is 1.34. The maximum absolute atomic E-state index is 5.95. The van der Waals surface area contributed by atoms with Gasteiger partial charge >= 0.3 is 0 Å². The summed E-state index contributed by atoms with van der Waals surface area (Å²) in [5.74, 6) is 0.955. The molecule has 2 aliphatic rings. The van der Waals surface area contributed by atoms with E-state index in [9.17, 15) is 0 Å². The molecule has 1 saturated heterocycles. The van der Waals surface area contributed by atoms with Gasteiger partial charge in [-0.25, -0.2) is 0 Å². The fraction of sp³-hybridized carbons (Fsp3) is 0.667. The van der Waals surface area contributed by atoms with Gasteiger partial charge in [-0.05, 0) is 56.3 Å². The highest BCUT2D eigenvalue weighted by Crippen LogP contribution is 2.32. The Kier molecular flexibility index (Phi) is 5.20. The molecule has 0 amide bonds. The molecule has 3 heteroatoms. The van der Waals surface area contributed by atoms with Crippen LogP contribution in [0.3, 0.4) is 0 Å². The van der Waals surface area contributed by atoms with Crippen LogP contribution in [0.2, 0.25) is 5.02 Å². The highest BCUT2D eigenvalue weighted by atomic mass is 35.5. The average Bonchev–Trinajstić information content (AvgIpc) is 2.49. The predicted molar refractivity (Wildman–Crippen MR) is 89.7 cm³/mol. The maximum atomic E-state index is 5.95. The van der Waals surface area contributed by atoms with E-state index in [4.69, 9.17) is 11.6 Å². The number of hydrogen-bond donors (Lipinski definition) is 1. The molecule has 0 radical (unpaired) electrons. The molecule has 0 bridgehead atoms. The van der Waals surface area contributed by atoms with Crippen molar-refractivity contribution in [1.82, 2.24) is 10.2 Å². The zero-order chi connectivity index (χ0) is 14.7. The Labute approximate surface area is 133 Å². The van der Waals surface area contributed by atoms with Gasteiger partial charge in [-0.1, -0.05) is 36.6 Å². The molecule has 3 rings (SSSR count). The molecule has 2 fully saturated rings. The van der Waals surface area contributed by atoms with Crippen LogP contribution < -0.4 is 5.32 Å². The highest BCUT2D eigenvalue weighted by Gasteiger charge is 2.31. The lowest BCUT2D eigenvalue weighted by Crippen LogP contribution is -2.52. The van der Waals surface area contributed by atoms with Gasteiger partial charge in [0.25, 0.3) is 0 Å². The lowest BCUT2D eigenvalue weighted by atomic mass is 9.78. The molecule has 3 unspecified atom stereocenters. The molecule has 1 aliphatic carbocycles. The topological polar surface area (TPSA) is 15.3 Å². The van der Waals surface area contributed by atoms with Crippen LogP contribution in [-0.4, -0.2) is 30.6 Å². The first-order valence-corrected chi connectivity index (χ1v) is 8.77. The number of nitrogens with zero attached hydrogens (tertiary/aromatic N) is 1. The monoisotopic (exact) mass is 306 g/mol. The zero-order valence-corrected chi connectivity index (χ0v) is 13.8. The number of nitrogens with one attached hydrogen (secondary N) is 1. The Bertz CT molecular complexity index is 445. The van der Waals surface area contributed by atoms with Crippen LogP contribution in [0.25, 0.3) is 0 Å². The molecule has 1 aromatic carbocycles. The van der Waals surface area contributed by atoms with E-state index in [0.29, 0.717) is 6.04 Å². The minimum Gasteiger partial charge on any atom is -0.310 e. The van der Waals surface area contributed by atoms with E-state index < -0.39 is 0 Å². The SMILES string of the molecule is CN(Cc1ccc(Cl)cc1)CC1CCC2CCCCC2N1. The van der Waals surface area contributed by atoms with Gasteiger partial charge in [-0.2, -0.15) is 0 Å². The second-order valence-electron chi connectivity index (χ2n) is 6.92. The molecule has 1 aliphatic heterocycles. The number of hydrogen-bond acceptors (Lipinski definition) is 2. The van der Waals surface area contributed by atoms with Crippen LogP contribution in [0.4, 0.5) is 0 Å². The van der Waals surface area contributed by atoms with Gasteiger partial charge in [0.05, 0.1) is 0 Å². The lowest BCUT2D eigenvalue weighted by molar-refractivity contribution is 0.151. The third-order valence-electron chi connectivity index (χ3n) is 5.14. The summed E-state index contributed by atoms with van der Waals surface area (Å²) in [7, 11) is 2.23. The standard InChI is InChI=1S/C18H27ClN2/c1-21(12-14-6-9-16(19)10-7-14)13-17-11-8-15-4-2-3-5-18(15)20-17/h6-7,9-10,15,17-18,20H,2-5,8,11-13H2,1H3. The minimum absolute atomic E-state index is 0.668. The summed E-state index contributed by atoms with van der Waals surface area (Å²) < 4.78 is 0. The maximum Gasteiger partial charge on any atom is 0.0406 e. The van der Waals surface area contributed by atoms with Crippen molar-refractivity contribution >= 4 is 11.6 Å². The molecule has 21 heavy (non-hydrogen) atoms. The number of likely N-dealkylation sites (N-methyl/N-ethyl adjacent to an activating group) is 1. The predicted octanol–water partition coefficient (Wildman–Crippen LogP) is 4.08. The van der Waals surface area contributed by atoms with Crippen molar-refractivity contribution in [2.75, 3.05) is 13.6 Å². The average molecular weight is 307 g/mol. The third-order valence-corrected chi connectivity index (χ3v) is 5.39. The van der Waals surface area contributed by atoms with Crippen LogP contribution in [0.1, 0.15) is 44.1 Å². The Hall–Kier alpha value is -0.570. The third kappa shape index (κ3) is 4.21. The van der Waals surface area contributed by atoms with Crippen LogP contribution in [0, 0.1) is 5.92 Å². The Morgan fingerprint density at radius 2 is 1.86 bits per heavy atom. The summed E-state index contributed by atoms with van der Waals surface area (Å²) in [5, 5.41) is 4.74. The van der Waals surface area contributed by atoms with E-state index in [2.05, 4.69) is 29.4 Å². The van der Waals surface area contributed by atoms with E-state index in [1.165, 1.54) is 44.1 Å². The van der Waals surface area contributed by atoms with Crippen molar-refractivity contribution in [3.63, 3.8) is 0 Å². The Balaban J connectivity index is 1.48. The first-order chi connectivity index (χ1) is 10.2. The molecule has 1 aromatic rings. The van der Waals surface area contributed by atoms with E-state index in [-0.39, 0.29) is 0 Å². The highest BCUT2D eigenvalue weighted by molar-refractivity contribution is 6.30. The van der Waals surface area contributed by atoms with Crippen molar-refractivity contribution < 1.29 is 0 Å². The molecular weight excluding hydrogens is 280 g/mol. The number of piperidine rings is 1. The van der Waals surface area contributed by atoms with E-state index in [0.717, 1.165) is 30.1 Å². The number of benzene rings is 1. The van der Waals surface area contributed by atoms with Gasteiger partial charge in [0, 0.05) is 30.2 Å². The summed E-state index contributed by atoms with van der Waals surface area (Å²) in [6, 6.07) is 9.68. The normalized spacial score (nSPS) is 29.4. The largest absolute Gasteiger partial charge is 0.310 e. The second kappa shape index (κ2) is 7.13. The molecule has 2 nitrogen and oxygen atoms in total. The smallest absolute Gasteiger partial charge is 0.0406 e. The summed E-state index contributed by atoms with van der Waals surface area (Å²) in [4.78, 5) is 2.43. The van der Waals surface area contributed by atoms with Crippen LogP contribution in [0.15, 0.2) is 24.3 Å². The van der Waals surface area contributed by atoms with Gasteiger partial charge in [0.15, 0.2) is 0 Å².